The van der Waals surface area contributed by atoms with Gasteiger partial charge < -0.3 is 20.1 Å². The molecule has 1 aliphatic heterocycles. The maximum absolute atomic E-state index is 14.6. The van der Waals surface area contributed by atoms with Crippen molar-refractivity contribution >= 4 is 17.5 Å². The smallest absolute Gasteiger partial charge is 0.254 e. The third-order valence-electron chi connectivity index (χ3n) is 5.90. The number of nitrogens with one attached hydrogen (secondary N) is 2. The highest BCUT2D eigenvalue weighted by Gasteiger charge is 2.27. The predicted octanol–water partition coefficient (Wildman–Crippen LogP) is 3.93. The quantitative estimate of drug-likeness (QED) is 0.611. The molecule has 8 nitrogen and oxygen atoms in total. The second-order valence-corrected chi connectivity index (χ2v) is 8.86. The summed E-state index contributed by atoms with van der Waals surface area (Å²) in [7, 11) is 0. The second-order valence-electron chi connectivity index (χ2n) is 8.86. The first-order chi connectivity index (χ1) is 15.7. The van der Waals surface area contributed by atoms with Gasteiger partial charge in [0.25, 0.3) is 5.91 Å². The summed E-state index contributed by atoms with van der Waals surface area (Å²) in [5.41, 5.74) is 2.12. The molecule has 174 valence electrons. The number of aromatic nitrogens is 4. The van der Waals surface area contributed by atoms with Gasteiger partial charge in [-0.2, -0.15) is 0 Å². The Kier molecular flexibility index (Phi) is 6.42. The van der Waals surface area contributed by atoms with Crippen LogP contribution < -0.4 is 10.6 Å². The molecule has 2 N–H and O–H groups in total. The molecule has 0 aliphatic carbocycles. The van der Waals surface area contributed by atoms with Gasteiger partial charge in [-0.1, -0.05) is 0 Å². The van der Waals surface area contributed by atoms with Gasteiger partial charge in [-0.3, -0.25) is 4.79 Å². The molecule has 0 radical (unpaired) electrons. The van der Waals surface area contributed by atoms with Crippen LogP contribution in [0.4, 0.5) is 16.0 Å². The lowest BCUT2D eigenvalue weighted by Crippen LogP contribution is -2.56. The summed E-state index contributed by atoms with van der Waals surface area (Å²) in [6.07, 6.45) is 2.78. The molecule has 1 amide bonds. The zero-order chi connectivity index (χ0) is 23.7. The fourth-order valence-electron chi connectivity index (χ4n) is 4.18. The molecule has 0 bridgehead atoms. The van der Waals surface area contributed by atoms with Gasteiger partial charge in [-0.25, -0.2) is 19.3 Å². The van der Waals surface area contributed by atoms with Gasteiger partial charge in [0.15, 0.2) is 5.82 Å². The first kappa shape index (κ1) is 22.8. The van der Waals surface area contributed by atoms with E-state index in [0.717, 1.165) is 18.6 Å². The number of nitrogens with zero attached hydrogens (tertiary/aromatic N) is 5. The Morgan fingerprint density at radius 3 is 2.61 bits per heavy atom. The summed E-state index contributed by atoms with van der Waals surface area (Å²) >= 11 is 0. The Morgan fingerprint density at radius 1 is 1.18 bits per heavy atom. The Balaban J connectivity index is 1.53. The van der Waals surface area contributed by atoms with E-state index in [1.54, 1.807) is 30.5 Å². The van der Waals surface area contributed by atoms with Crippen molar-refractivity contribution in [1.29, 1.82) is 0 Å². The fourth-order valence-corrected chi connectivity index (χ4v) is 4.18. The number of rotatable bonds is 5. The minimum atomic E-state index is -0.511. The summed E-state index contributed by atoms with van der Waals surface area (Å²) in [5.74, 6) is 0.563. The Hall–Kier alpha value is -3.33. The summed E-state index contributed by atoms with van der Waals surface area (Å²) in [6.45, 7) is 11.5. The number of anilines is 2. The largest absolute Gasteiger partial charge is 0.333 e. The molecule has 1 saturated heterocycles. The van der Waals surface area contributed by atoms with Gasteiger partial charge in [-0.15, -0.1) is 0 Å². The molecular formula is C24H30FN7O. The standard InChI is InChI=1S/C24H30FN7O/c1-14(2)32-17(5)27-12-21(32)22-20(25)11-28-24(30-22)29-19-8-6-18(7-9-19)23(33)31-13-15(3)26-10-16(31)4/h6-9,11-12,14-16,26H,10,13H2,1-5H3,(H,28,29,30). The highest BCUT2D eigenvalue weighted by Crippen LogP contribution is 2.26. The molecule has 2 unspecified atom stereocenters. The number of hydrogen-bond donors (Lipinski definition) is 2. The Morgan fingerprint density at radius 2 is 1.91 bits per heavy atom. The first-order valence-electron chi connectivity index (χ1n) is 11.2. The summed E-state index contributed by atoms with van der Waals surface area (Å²) in [5, 5.41) is 6.49. The fraction of sp³-hybridized carbons (Fsp3) is 0.417. The molecule has 3 aromatic rings. The van der Waals surface area contributed by atoms with E-state index in [1.807, 2.05) is 37.2 Å². The maximum atomic E-state index is 14.6. The number of halogens is 1. The third kappa shape index (κ3) is 4.73. The number of amides is 1. The molecule has 1 fully saturated rings. The van der Waals surface area contributed by atoms with E-state index in [2.05, 4.69) is 32.5 Å². The van der Waals surface area contributed by atoms with E-state index >= 15 is 0 Å². The highest BCUT2D eigenvalue weighted by molar-refractivity contribution is 5.95. The Labute approximate surface area is 193 Å². The normalized spacial score (nSPS) is 18.6. The van der Waals surface area contributed by atoms with Crippen molar-refractivity contribution in [2.75, 3.05) is 18.4 Å². The van der Waals surface area contributed by atoms with Crippen molar-refractivity contribution in [3.8, 4) is 11.4 Å². The molecule has 33 heavy (non-hydrogen) atoms. The topological polar surface area (TPSA) is 88.0 Å². The van der Waals surface area contributed by atoms with Gasteiger partial charge in [0.2, 0.25) is 5.95 Å². The Bertz CT molecular complexity index is 1140. The number of piperazine rings is 1. The minimum absolute atomic E-state index is 0.0139. The maximum Gasteiger partial charge on any atom is 0.254 e. The van der Waals surface area contributed by atoms with Crippen molar-refractivity contribution in [1.82, 2.24) is 29.7 Å². The number of hydrogen-bond acceptors (Lipinski definition) is 6. The number of carbonyl (C=O) groups excluding carboxylic acids is 1. The second kappa shape index (κ2) is 9.27. The van der Waals surface area contributed by atoms with E-state index in [9.17, 15) is 9.18 Å². The molecule has 2 aromatic heterocycles. The number of carbonyl (C=O) groups is 1. The molecule has 0 spiro atoms. The molecule has 1 aromatic carbocycles. The van der Waals surface area contributed by atoms with Crippen LogP contribution in [-0.2, 0) is 0 Å². The number of imidazole rings is 1. The van der Waals surface area contributed by atoms with E-state index in [0.29, 0.717) is 23.5 Å². The SMILES string of the molecule is Cc1ncc(-c2nc(Nc3ccc(C(=O)N4CC(C)NCC4C)cc3)ncc2F)n1C(C)C. The molecule has 2 atom stereocenters. The molecule has 0 saturated carbocycles. The molecule has 3 heterocycles. The molecule has 9 heteroatoms. The van der Waals surface area contributed by atoms with Gasteiger partial charge in [0.05, 0.1) is 18.1 Å². The molecule has 4 rings (SSSR count). The average molecular weight is 452 g/mol. The lowest BCUT2D eigenvalue weighted by Gasteiger charge is -2.37. The zero-order valence-electron chi connectivity index (χ0n) is 19.6. The lowest BCUT2D eigenvalue weighted by atomic mass is 10.1. The third-order valence-corrected chi connectivity index (χ3v) is 5.90. The summed E-state index contributed by atoms with van der Waals surface area (Å²) in [4.78, 5) is 27.7. The van der Waals surface area contributed by atoms with Crippen LogP contribution in [-0.4, -0.2) is 55.5 Å². The highest BCUT2D eigenvalue weighted by atomic mass is 19.1. The van der Waals surface area contributed by atoms with Crippen LogP contribution in [0.5, 0.6) is 0 Å². The van der Waals surface area contributed by atoms with E-state index in [4.69, 9.17) is 0 Å². The van der Waals surface area contributed by atoms with Gasteiger partial charge >= 0.3 is 0 Å². The van der Waals surface area contributed by atoms with Crippen LogP contribution in [0.2, 0.25) is 0 Å². The number of aryl methyl sites for hydroxylation is 1. The molecular weight excluding hydrogens is 421 g/mol. The van der Waals surface area contributed by atoms with Crippen LogP contribution in [0.1, 0.15) is 49.9 Å². The van der Waals surface area contributed by atoms with E-state index in [-0.39, 0.29) is 35.7 Å². The lowest BCUT2D eigenvalue weighted by molar-refractivity contribution is 0.0616. The predicted molar refractivity (Wildman–Crippen MR) is 126 cm³/mol. The van der Waals surface area contributed by atoms with Gasteiger partial charge in [-0.05, 0) is 58.9 Å². The van der Waals surface area contributed by atoms with E-state index in [1.165, 1.54) is 0 Å². The minimum Gasteiger partial charge on any atom is -0.333 e. The first-order valence-corrected chi connectivity index (χ1v) is 11.2. The van der Waals surface area contributed by atoms with Gasteiger partial charge in [0, 0.05) is 42.5 Å². The summed E-state index contributed by atoms with van der Waals surface area (Å²) < 4.78 is 16.5. The van der Waals surface area contributed by atoms with Crippen molar-refractivity contribution in [3.63, 3.8) is 0 Å². The van der Waals surface area contributed by atoms with Crippen molar-refractivity contribution in [3.05, 3.63) is 53.9 Å². The van der Waals surface area contributed by atoms with Crippen LogP contribution in [0.3, 0.4) is 0 Å². The summed E-state index contributed by atoms with van der Waals surface area (Å²) in [6, 6.07) is 7.70. The van der Waals surface area contributed by atoms with Crippen LogP contribution >= 0.6 is 0 Å². The van der Waals surface area contributed by atoms with E-state index < -0.39 is 5.82 Å². The zero-order valence-corrected chi connectivity index (χ0v) is 19.6. The van der Waals surface area contributed by atoms with Crippen LogP contribution in [0.15, 0.2) is 36.7 Å². The van der Waals surface area contributed by atoms with Crippen molar-refractivity contribution in [2.45, 2.75) is 52.7 Å². The van der Waals surface area contributed by atoms with Crippen molar-refractivity contribution in [2.24, 2.45) is 0 Å². The average Bonchev–Trinajstić information content (AvgIpc) is 3.18. The number of benzene rings is 1. The van der Waals surface area contributed by atoms with Crippen molar-refractivity contribution < 1.29 is 9.18 Å². The van der Waals surface area contributed by atoms with Crippen LogP contribution in [0, 0.1) is 12.7 Å². The van der Waals surface area contributed by atoms with Gasteiger partial charge in [0.1, 0.15) is 11.5 Å². The monoisotopic (exact) mass is 451 g/mol. The van der Waals surface area contributed by atoms with Crippen LogP contribution in [0.25, 0.3) is 11.4 Å². The molecule has 1 aliphatic rings.